The maximum absolute atomic E-state index is 13.8. The molecule has 4 aliphatic heterocycles. The number of carbonyl (C=O) groups excluding carboxylic acids is 3. The molecule has 13 nitrogen and oxygen atoms in total. The van der Waals surface area contributed by atoms with E-state index in [1.54, 1.807) is 35.0 Å². The van der Waals surface area contributed by atoms with Crippen molar-refractivity contribution in [1.29, 1.82) is 0 Å². The Hall–Kier alpha value is -4.69. The van der Waals surface area contributed by atoms with Crippen molar-refractivity contribution < 1.29 is 43.2 Å². The van der Waals surface area contributed by atoms with Crippen LogP contribution in [0.5, 0.6) is 23.0 Å². The van der Waals surface area contributed by atoms with Gasteiger partial charge < -0.3 is 38.6 Å². The second-order valence-corrected chi connectivity index (χ2v) is 14.0. The number of aliphatic hydroxyl groups is 1. The van der Waals surface area contributed by atoms with Gasteiger partial charge in [0.1, 0.15) is 6.61 Å². The van der Waals surface area contributed by atoms with Gasteiger partial charge in [-0.25, -0.2) is 9.69 Å². The molecule has 2 unspecified atom stereocenters. The largest absolute Gasteiger partial charge is 0.493 e. The van der Waals surface area contributed by atoms with Crippen LogP contribution < -0.4 is 23.8 Å². The van der Waals surface area contributed by atoms with E-state index in [-0.39, 0.29) is 72.2 Å². The summed E-state index contributed by atoms with van der Waals surface area (Å²) >= 11 is 1.54. The van der Waals surface area contributed by atoms with Gasteiger partial charge in [-0.2, -0.15) is 11.8 Å². The number of nitrogens with zero attached hydrogens (tertiary/aromatic N) is 4. The maximum atomic E-state index is 13.8. The fourth-order valence-corrected chi connectivity index (χ4v) is 6.74. The topological polar surface area (TPSA) is 140 Å². The highest BCUT2D eigenvalue weighted by atomic mass is 32.2. The van der Waals surface area contributed by atoms with Crippen molar-refractivity contribution in [1.82, 2.24) is 9.80 Å². The number of hydrogen-bond acceptors (Lipinski definition) is 11. The summed E-state index contributed by atoms with van der Waals surface area (Å²) in [6, 6.07) is 5.59. The van der Waals surface area contributed by atoms with Crippen molar-refractivity contribution in [3.8, 4) is 23.0 Å². The Bertz CT molecular complexity index is 1750. The molecule has 266 valence electrons. The number of aliphatic imine (C=N–C) groups is 1. The number of methoxy groups -OCH3 is 2. The lowest BCUT2D eigenvalue weighted by Gasteiger charge is -2.31. The third-order valence-electron chi connectivity index (χ3n) is 9.23. The van der Waals surface area contributed by atoms with Crippen LogP contribution in [0.4, 0.5) is 16.2 Å². The molecule has 6 rings (SSSR count). The number of rotatable bonds is 11. The number of ether oxygens (including phenoxy) is 5. The molecule has 0 aromatic heterocycles. The van der Waals surface area contributed by atoms with Crippen molar-refractivity contribution in [3.05, 3.63) is 59.7 Å². The number of fused-ring (bicyclic) bond motifs is 4. The van der Waals surface area contributed by atoms with Crippen LogP contribution in [0, 0.1) is 0 Å². The van der Waals surface area contributed by atoms with Crippen molar-refractivity contribution in [2.75, 3.05) is 58.3 Å². The van der Waals surface area contributed by atoms with Crippen LogP contribution in [0.3, 0.4) is 0 Å². The first-order chi connectivity index (χ1) is 24.0. The Morgan fingerprint density at radius 1 is 0.940 bits per heavy atom. The molecule has 2 saturated heterocycles. The Labute approximate surface area is 295 Å². The van der Waals surface area contributed by atoms with Crippen molar-refractivity contribution >= 4 is 47.3 Å². The van der Waals surface area contributed by atoms with Crippen molar-refractivity contribution in [2.45, 2.75) is 49.7 Å². The van der Waals surface area contributed by atoms with Gasteiger partial charge in [0.2, 0.25) is 0 Å². The van der Waals surface area contributed by atoms with Gasteiger partial charge in [0.15, 0.2) is 29.2 Å². The highest BCUT2D eigenvalue weighted by Gasteiger charge is 2.46. The molecule has 0 saturated carbocycles. The Balaban J connectivity index is 1.18. The SMILES string of the molecule is C=C1CC2C=Nc3cc(OCCCOc4cc5c(cc4OC)C(=O)N4CC(=C)C[C@H]4[C@H](O)N5C(=O)OCC(C)SC)c(OC)cc3C(=O)N2C1. The summed E-state index contributed by atoms with van der Waals surface area (Å²) in [7, 11) is 2.97. The van der Waals surface area contributed by atoms with E-state index in [1.807, 2.05) is 13.2 Å². The first-order valence-electron chi connectivity index (χ1n) is 16.4. The Morgan fingerprint density at radius 3 is 2.24 bits per heavy atom. The fraction of sp³-hybridized carbons (Fsp3) is 0.444. The monoisotopic (exact) mass is 706 g/mol. The Kier molecular flexibility index (Phi) is 10.3. The number of carbonyl (C=O) groups is 3. The molecule has 50 heavy (non-hydrogen) atoms. The Morgan fingerprint density at radius 2 is 1.56 bits per heavy atom. The van der Waals surface area contributed by atoms with Crippen LogP contribution in [0.25, 0.3) is 0 Å². The van der Waals surface area contributed by atoms with Crippen LogP contribution in [-0.4, -0.2) is 116 Å². The predicted molar refractivity (Wildman–Crippen MR) is 190 cm³/mol. The van der Waals surface area contributed by atoms with Crippen LogP contribution in [0.1, 0.15) is 46.9 Å². The molecule has 2 fully saturated rings. The zero-order chi connectivity index (χ0) is 35.7. The standard InChI is InChI=1S/C36H42N4O9S/c1-20-10-23-16-37-26-14-31(29(45-4)12-24(26)33(41)38(23)17-20)47-8-7-9-48-32-15-27-25(13-30(32)46-5)34(42)39-18-21(2)11-28(39)35(43)40(27)36(44)49-19-22(3)50-6/h12-16,22-23,28,35,43H,1-2,7-11,17-19H2,3-6H3/t22?,23?,28-,35-/m0/s1. The molecular weight excluding hydrogens is 664 g/mol. The molecule has 4 aliphatic rings. The first kappa shape index (κ1) is 35.1. The number of aliphatic hydroxyl groups excluding tert-OH is 1. The molecule has 1 N–H and O–H groups in total. The number of anilines is 1. The zero-order valence-electron chi connectivity index (χ0n) is 28.7. The highest BCUT2D eigenvalue weighted by Crippen LogP contribution is 2.42. The molecule has 2 aromatic rings. The molecule has 0 aliphatic carbocycles. The lowest BCUT2D eigenvalue weighted by Crippen LogP contribution is -2.51. The molecule has 4 heterocycles. The number of amides is 3. The second kappa shape index (κ2) is 14.7. The molecule has 0 radical (unpaired) electrons. The molecule has 0 spiro atoms. The van der Waals surface area contributed by atoms with Gasteiger partial charge in [-0.3, -0.25) is 14.6 Å². The third kappa shape index (κ3) is 6.73. The molecule has 4 atom stereocenters. The second-order valence-electron chi connectivity index (χ2n) is 12.7. The van der Waals surface area contributed by atoms with E-state index in [2.05, 4.69) is 18.2 Å². The van der Waals surface area contributed by atoms with E-state index in [4.69, 9.17) is 23.7 Å². The van der Waals surface area contributed by atoms with Gasteiger partial charge in [-0.1, -0.05) is 31.2 Å². The van der Waals surface area contributed by atoms with E-state index in [1.165, 1.54) is 31.3 Å². The minimum absolute atomic E-state index is 0.0310. The van der Waals surface area contributed by atoms with Gasteiger partial charge >= 0.3 is 6.09 Å². The highest BCUT2D eigenvalue weighted by molar-refractivity contribution is 7.99. The van der Waals surface area contributed by atoms with E-state index >= 15 is 0 Å². The molecule has 14 heteroatoms. The van der Waals surface area contributed by atoms with E-state index in [0.29, 0.717) is 48.6 Å². The minimum atomic E-state index is -1.38. The average molecular weight is 707 g/mol. The normalized spacial score (nSPS) is 21.5. The smallest absolute Gasteiger partial charge is 0.416 e. The van der Waals surface area contributed by atoms with Gasteiger partial charge in [-0.05, 0) is 31.2 Å². The van der Waals surface area contributed by atoms with Crippen molar-refractivity contribution in [2.24, 2.45) is 4.99 Å². The number of thioether (sulfide) groups is 1. The molecular formula is C36H42N4O9S. The molecule has 3 amide bonds. The maximum Gasteiger partial charge on any atom is 0.416 e. The summed E-state index contributed by atoms with van der Waals surface area (Å²) in [5.74, 6) is 0.907. The predicted octanol–water partition coefficient (Wildman–Crippen LogP) is 4.84. The van der Waals surface area contributed by atoms with Crippen LogP contribution in [-0.2, 0) is 4.74 Å². The van der Waals surface area contributed by atoms with Gasteiger partial charge in [0.25, 0.3) is 11.8 Å². The van der Waals surface area contributed by atoms with Gasteiger partial charge in [0.05, 0.1) is 62.0 Å². The van der Waals surface area contributed by atoms with Crippen molar-refractivity contribution in [3.63, 3.8) is 0 Å². The lowest BCUT2D eigenvalue weighted by atomic mass is 10.1. The zero-order valence-corrected chi connectivity index (χ0v) is 29.5. The summed E-state index contributed by atoms with van der Waals surface area (Å²) in [5, 5.41) is 11.5. The van der Waals surface area contributed by atoms with E-state index in [0.717, 1.165) is 16.0 Å². The summed E-state index contributed by atoms with van der Waals surface area (Å²) in [6.07, 6.45) is 3.00. The first-order valence-corrected chi connectivity index (χ1v) is 17.7. The van der Waals surface area contributed by atoms with Crippen LogP contribution >= 0.6 is 11.8 Å². The molecule has 0 bridgehead atoms. The summed E-state index contributed by atoms with van der Waals surface area (Å²) in [6.45, 7) is 11.3. The lowest BCUT2D eigenvalue weighted by molar-refractivity contribution is 0.0491. The van der Waals surface area contributed by atoms with Crippen LogP contribution in [0.2, 0.25) is 0 Å². The summed E-state index contributed by atoms with van der Waals surface area (Å²) < 4.78 is 28.9. The van der Waals surface area contributed by atoms with Gasteiger partial charge in [0, 0.05) is 43.1 Å². The minimum Gasteiger partial charge on any atom is -0.493 e. The summed E-state index contributed by atoms with van der Waals surface area (Å²) in [4.78, 5) is 49.6. The quantitative estimate of drug-likeness (QED) is 0.255. The number of hydrogen-bond donors (Lipinski definition) is 1. The van der Waals surface area contributed by atoms with Crippen LogP contribution in [0.15, 0.2) is 53.6 Å². The average Bonchev–Trinajstić information content (AvgIpc) is 3.65. The summed E-state index contributed by atoms with van der Waals surface area (Å²) in [5.41, 5.74) is 3.04. The number of benzene rings is 2. The van der Waals surface area contributed by atoms with E-state index < -0.39 is 18.4 Å². The third-order valence-corrected chi connectivity index (χ3v) is 10.2. The van der Waals surface area contributed by atoms with Gasteiger partial charge in [-0.15, -0.1) is 0 Å². The fourth-order valence-electron chi connectivity index (χ4n) is 6.54. The molecule has 2 aromatic carbocycles. The van der Waals surface area contributed by atoms with E-state index in [9.17, 15) is 19.5 Å².